The molecule has 1 amide bonds. The normalized spacial score (nSPS) is 20.6. The molecule has 0 aromatic carbocycles. The zero-order chi connectivity index (χ0) is 14.1. The Balaban J connectivity index is 2.23. The van der Waals surface area contributed by atoms with Crippen LogP contribution in [0.5, 0.6) is 0 Å². The Morgan fingerprint density at radius 3 is 2.53 bits per heavy atom. The van der Waals surface area contributed by atoms with Gasteiger partial charge in [-0.05, 0) is 39.3 Å². The van der Waals surface area contributed by atoms with Crippen molar-refractivity contribution in [2.24, 2.45) is 0 Å². The van der Waals surface area contributed by atoms with Crippen molar-refractivity contribution >= 4 is 5.91 Å². The molecule has 0 bridgehead atoms. The quantitative estimate of drug-likeness (QED) is 0.718. The number of amides is 1. The SMILES string of the molecule is COCC(O)CCNC(=O)C(C)N1CCCCCC1. The van der Waals surface area contributed by atoms with Gasteiger partial charge < -0.3 is 15.2 Å². The Morgan fingerprint density at radius 2 is 1.95 bits per heavy atom. The Hall–Kier alpha value is -0.650. The van der Waals surface area contributed by atoms with Gasteiger partial charge in [0.25, 0.3) is 0 Å². The van der Waals surface area contributed by atoms with Crippen LogP contribution in [0.3, 0.4) is 0 Å². The number of hydrogen-bond donors (Lipinski definition) is 2. The van der Waals surface area contributed by atoms with Crippen LogP contribution in [0.25, 0.3) is 0 Å². The summed E-state index contributed by atoms with van der Waals surface area (Å²) in [6.45, 7) is 4.81. The number of ether oxygens (including phenoxy) is 1. The highest BCUT2D eigenvalue weighted by atomic mass is 16.5. The van der Waals surface area contributed by atoms with Crippen molar-refractivity contribution in [3.05, 3.63) is 0 Å². The highest BCUT2D eigenvalue weighted by Crippen LogP contribution is 2.12. The summed E-state index contributed by atoms with van der Waals surface area (Å²) in [6.07, 6.45) is 4.95. The zero-order valence-electron chi connectivity index (χ0n) is 12.2. The molecule has 0 radical (unpaired) electrons. The van der Waals surface area contributed by atoms with Gasteiger partial charge in [0.05, 0.1) is 18.8 Å². The highest BCUT2D eigenvalue weighted by Gasteiger charge is 2.21. The molecule has 0 aromatic rings. The monoisotopic (exact) mass is 272 g/mol. The lowest BCUT2D eigenvalue weighted by Crippen LogP contribution is -2.46. The van der Waals surface area contributed by atoms with Crippen molar-refractivity contribution in [3.8, 4) is 0 Å². The van der Waals surface area contributed by atoms with E-state index >= 15 is 0 Å². The molecular weight excluding hydrogens is 244 g/mol. The van der Waals surface area contributed by atoms with E-state index in [1.54, 1.807) is 7.11 Å². The minimum Gasteiger partial charge on any atom is -0.391 e. The largest absolute Gasteiger partial charge is 0.391 e. The number of nitrogens with zero attached hydrogens (tertiary/aromatic N) is 1. The molecule has 1 heterocycles. The first-order valence-electron chi connectivity index (χ1n) is 7.34. The fourth-order valence-corrected chi connectivity index (χ4v) is 2.43. The molecule has 112 valence electrons. The van der Waals surface area contributed by atoms with E-state index in [9.17, 15) is 9.90 Å². The lowest BCUT2D eigenvalue weighted by atomic mass is 10.2. The second-order valence-electron chi connectivity index (χ2n) is 5.32. The number of carbonyl (C=O) groups excluding carboxylic acids is 1. The molecule has 0 saturated carbocycles. The van der Waals surface area contributed by atoms with Crippen molar-refractivity contribution in [3.63, 3.8) is 0 Å². The fraction of sp³-hybridized carbons (Fsp3) is 0.929. The number of likely N-dealkylation sites (tertiary alicyclic amines) is 1. The molecule has 2 atom stereocenters. The predicted octanol–water partition coefficient (Wildman–Crippen LogP) is 0.764. The molecule has 5 nitrogen and oxygen atoms in total. The number of carbonyl (C=O) groups is 1. The molecule has 1 saturated heterocycles. The second-order valence-corrected chi connectivity index (χ2v) is 5.32. The lowest BCUT2D eigenvalue weighted by Gasteiger charge is -2.26. The summed E-state index contributed by atoms with van der Waals surface area (Å²) < 4.78 is 4.85. The molecule has 19 heavy (non-hydrogen) atoms. The van der Waals surface area contributed by atoms with Gasteiger partial charge in [-0.3, -0.25) is 9.69 Å². The van der Waals surface area contributed by atoms with Gasteiger partial charge in [-0.15, -0.1) is 0 Å². The molecule has 1 fully saturated rings. The lowest BCUT2D eigenvalue weighted by molar-refractivity contribution is -0.126. The number of aliphatic hydroxyl groups excluding tert-OH is 1. The molecule has 0 aromatic heterocycles. The predicted molar refractivity (Wildman–Crippen MR) is 75.0 cm³/mol. The minimum absolute atomic E-state index is 0.0616. The van der Waals surface area contributed by atoms with Gasteiger partial charge in [-0.25, -0.2) is 0 Å². The topological polar surface area (TPSA) is 61.8 Å². The smallest absolute Gasteiger partial charge is 0.237 e. The summed E-state index contributed by atoms with van der Waals surface area (Å²) in [4.78, 5) is 14.3. The van der Waals surface area contributed by atoms with Gasteiger partial charge in [0.2, 0.25) is 5.91 Å². The number of methoxy groups -OCH3 is 1. The van der Waals surface area contributed by atoms with Crippen LogP contribution in [0.2, 0.25) is 0 Å². The third kappa shape index (κ3) is 6.36. The van der Waals surface area contributed by atoms with Crippen molar-refractivity contribution in [2.75, 3.05) is 33.4 Å². The fourth-order valence-electron chi connectivity index (χ4n) is 2.43. The van der Waals surface area contributed by atoms with Crippen molar-refractivity contribution < 1.29 is 14.6 Å². The van der Waals surface area contributed by atoms with Gasteiger partial charge in [-0.1, -0.05) is 12.8 Å². The summed E-state index contributed by atoms with van der Waals surface area (Å²) in [5.41, 5.74) is 0. The van der Waals surface area contributed by atoms with Crippen LogP contribution >= 0.6 is 0 Å². The van der Waals surface area contributed by atoms with E-state index in [0.717, 1.165) is 13.1 Å². The summed E-state index contributed by atoms with van der Waals surface area (Å²) in [5, 5.41) is 12.4. The molecule has 1 rings (SSSR count). The van der Waals surface area contributed by atoms with Gasteiger partial charge in [-0.2, -0.15) is 0 Å². The Bertz CT molecular complexity index is 253. The van der Waals surface area contributed by atoms with E-state index in [1.807, 2.05) is 6.92 Å². The van der Waals surface area contributed by atoms with E-state index in [-0.39, 0.29) is 11.9 Å². The van der Waals surface area contributed by atoms with E-state index < -0.39 is 6.10 Å². The van der Waals surface area contributed by atoms with Crippen LogP contribution in [0.1, 0.15) is 39.0 Å². The van der Waals surface area contributed by atoms with Gasteiger partial charge in [0.15, 0.2) is 0 Å². The van der Waals surface area contributed by atoms with Gasteiger partial charge in [0.1, 0.15) is 0 Å². The molecule has 1 aliphatic rings. The summed E-state index contributed by atoms with van der Waals surface area (Å²) >= 11 is 0. The van der Waals surface area contributed by atoms with Crippen molar-refractivity contribution in [1.29, 1.82) is 0 Å². The van der Waals surface area contributed by atoms with Crippen LogP contribution in [0, 0.1) is 0 Å². The summed E-state index contributed by atoms with van der Waals surface area (Å²) in [7, 11) is 1.56. The van der Waals surface area contributed by atoms with Gasteiger partial charge in [0, 0.05) is 13.7 Å². The number of rotatable bonds is 7. The average Bonchev–Trinajstić information content (AvgIpc) is 2.66. The van der Waals surface area contributed by atoms with Crippen molar-refractivity contribution in [2.45, 2.75) is 51.2 Å². The first-order valence-corrected chi connectivity index (χ1v) is 7.34. The number of hydrogen-bond acceptors (Lipinski definition) is 4. The van der Waals surface area contributed by atoms with Crippen LogP contribution in [0.15, 0.2) is 0 Å². The molecule has 2 N–H and O–H groups in total. The maximum Gasteiger partial charge on any atom is 0.237 e. The molecule has 0 spiro atoms. The highest BCUT2D eigenvalue weighted by molar-refractivity contribution is 5.81. The molecule has 5 heteroatoms. The second kappa shape index (κ2) is 9.28. The third-order valence-corrected chi connectivity index (χ3v) is 3.70. The summed E-state index contributed by atoms with van der Waals surface area (Å²) in [5.74, 6) is 0.0616. The maximum absolute atomic E-state index is 12.0. The maximum atomic E-state index is 12.0. The van der Waals surface area contributed by atoms with E-state index in [4.69, 9.17) is 4.74 Å². The van der Waals surface area contributed by atoms with E-state index in [0.29, 0.717) is 19.6 Å². The minimum atomic E-state index is -0.501. The first-order chi connectivity index (χ1) is 9.15. The first kappa shape index (κ1) is 16.4. The summed E-state index contributed by atoms with van der Waals surface area (Å²) in [6, 6.07) is -0.0716. The molecular formula is C14H28N2O3. The number of aliphatic hydroxyl groups is 1. The average molecular weight is 272 g/mol. The number of nitrogens with one attached hydrogen (secondary N) is 1. The Morgan fingerprint density at radius 1 is 1.32 bits per heavy atom. The van der Waals surface area contributed by atoms with Crippen LogP contribution < -0.4 is 5.32 Å². The molecule has 2 unspecified atom stereocenters. The molecule has 1 aliphatic heterocycles. The Kier molecular flexibility index (Phi) is 8.02. The van der Waals surface area contributed by atoms with Crippen LogP contribution in [-0.4, -0.2) is 61.4 Å². The van der Waals surface area contributed by atoms with Gasteiger partial charge >= 0.3 is 0 Å². The zero-order valence-corrected chi connectivity index (χ0v) is 12.2. The van der Waals surface area contributed by atoms with E-state index in [1.165, 1.54) is 25.7 Å². The van der Waals surface area contributed by atoms with Crippen molar-refractivity contribution in [1.82, 2.24) is 10.2 Å². The Labute approximate surface area is 116 Å². The van der Waals surface area contributed by atoms with E-state index in [2.05, 4.69) is 10.2 Å². The standard InChI is InChI=1S/C14H28N2O3/c1-12(16-9-5-3-4-6-10-16)14(18)15-8-7-13(17)11-19-2/h12-13,17H,3-11H2,1-2H3,(H,15,18). The van der Waals surface area contributed by atoms with Crippen LogP contribution in [0.4, 0.5) is 0 Å². The third-order valence-electron chi connectivity index (χ3n) is 3.70. The molecule has 0 aliphatic carbocycles. The van der Waals surface area contributed by atoms with Crippen LogP contribution in [-0.2, 0) is 9.53 Å².